The lowest BCUT2D eigenvalue weighted by Gasteiger charge is -2.02. The Morgan fingerprint density at radius 1 is 1.17 bits per heavy atom. The summed E-state index contributed by atoms with van der Waals surface area (Å²) >= 11 is 2.92. The maximum Gasteiger partial charge on any atom is 0.239 e. The van der Waals surface area contributed by atoms with Crippen LogP contribution in [0, 0.1) is 5.82 Å². The van der Waals surface area contributed by atoms with Gasteiger partial charge in [0.1, 0.15) is 5.82 Å². The maximum atomic E-state index is 12.9. The van der Waals surface area contributed by atoms with Crippen molar-refractivity contribution in [3.05, 3.63) is 41.8 Å². The molecule has 0 bridgehead atoms. The average Bonchev–Trinajstić information content (AvgIpc) is 3.19. The van der Waals surface area contributed by atoms with Gasteiger partial charge in [-0.15, -0.1) is 10.2 Å². The fourth-order valence-corrected chi connectivity index (χ4v) is 3.76. The number of hydrogen-bond acceptors (Lipinski definition) is 8. The molecule has 0 aliphatic carbocycles. The number of benzene rings is 1. The van der Waals surface area contributed by atoms with Crippen molar-refractivity contribution in [2.75, 3.05) is 5.32 Å². The van der Waals surface area contributed by atoms with E-state index in [1.165, 1.54) is 35.2 Å². The molecule has 3 aromatic rings. The molecule has 0 fully saturated rings. The fraction of sp³-hybridized carbons (Fsp3) is 0.333. The Bertz CT molecular complexity index is 802. The first-order valence-electron chi connectivity index (χ1n) is 7.37. The summed E-state index contributed by atoms with van der Waals surface area (Å²) in [5, 5.41) is 15.9. The van der Waals surface area contributed by atoms with E-state index in [-0.39, 0.29) is 17.0 Å². The van der Waals surface area contributed by atoms with Crippen molar-refractivity contribution in [2.45, 2.75) is 36.3 Å². The van der Waals surface area contributed by atoms with Crippen LogP contribution in [0.4, 0.5) is 15.2 Å². The van der Waals surface area contributed by atoms with Crippen molar-refractivity contribution in [3.63, 3.8) is 0 Å². The van der Waals surface area contributed by atoms with Crippen molar-refractivity contribution >= 4 is 33.9 Å². The van der Waals surface area contributed by atoms with Gasteiger partial charge in [0, 0.05) is 11.6 Å². The molecule has 1 atom stereocenters. The normalized spacial score (nSPS) is 12.5. The molecular weight excluding hydrogens is 349 g/mol. The van der Waals surface area contributed by atoms with Gasteiger partial charge in [0.05, 0.1) is 5.25 Å². The quantitative estimate of drug-likeness (QED) is 0.630. The number of thioether (sulfide) groups is 1. The molecule has 0 unspecified atom stereocenters. The molecule has 6 nitrogen and oxygen atoms in total. The van der Waals surface area contributed by atoms with Crippen LogP contribution in [0.1, 0.15) is 43.7 Å². The largest absolute Gasteiger partial charge is 0.338 e. The highest BCUT2D eigenvalue weighted by Gasteiger charge is 2.19. The minimum Gasteiger partial charge on any atom is -0.338 e. The molecule has 1 aromatic carbocycles. The van der Waals surface area contributed by atoms with Crippen molar-refractivity contribution in [3.8, 4) is 0 Å². The third kappa shape index (κ3) is 4.09. The molecule has 126 valence electrons. The van der Waals surface area contributed by atoms with E-state index in [0.717, 1.165) is 10.0 Å². The predicted octanol–water partition coefficient (Wildman–Crippen LogP) is 4.78. The summed E-state index contributed by atoms with van der Waals surface area (Å²) in [4.78, 5) is 4.40. The van der Waals surface area contributed by atoms with Crippen LogP contribution in [0.15, 0.2) is 33.1 Å². The molecule has 0 spiro atoms. The van der Waals surface area contributed by atoms with Crippen molar-refractivity contribution in [1.29, 1.82) is 0 Å². The highest BCUT2D eigenvalue weighted by atomic mass is 32.2. The van der Waals surface area contributed by atoms with E-state index in [9.17, 15) is 4.39 Å². The van der Waals surface area contributed by atoms with E-state index in [4.69, 9.17) is 4.52 Å². The number of anilines is 2. The van der Waals surface area contributed by atoms with Crippen LogP contribution in [0.3, 0.4) is 0 Å². The third-order valence-corrected chi connectivity index (χ3v) is 5.11. The lowest BCUT2D eigenvalue weighted by atomic mass is 10.2. The molecule has 1 N–H and O–H groups in total. The van der Waals surface area contributed by atoms with E-state index < -0.39 is 0 Å². The lowest BCUT2D eigenvalue weighted by Crippen LogP contribution is -1.92. The molecule has 2 heterocycles. The van der Waals surface area contributed by atoms with E-state index >= 15 is 0 Å². The first-order chi connectivity index (χ1) is 11.5. The molecule has 24 heavy (non-hydrogen) atoms. The van der Waals surface area contributed by atoms with Gasteiger partial charge in [-0.1, -0.05) is 42.1 Å². The van der Waals surface area contributed by atoms with E-state index in [0.29, 0.717) is 16.8 Å². The number of aromatic nitrogens is 4. The van der Waals surface area contributed by atoms with Gasteiger partial charge in [0.15, 0.2) is 10.2 Å². The highest BCUT2D eigenvalue weighted by molar-refractivity contribution is 8.01. The molecule has 0 aliphatic heterocycles. The summed E-state index contributed by atoms with van der Waals surface area (Å²) in [6, 6.07) is 6.09. The lowest BCUT2D eigenvalue weighted by molar-refractivity contribution is 0.373. The Balaban J connectivity index is 1.63. The van der Waals surface area contributed by atoms with E-state index in [1.54, 1.807) is 12.1 Å². The van der Waals surface area contributed by atoms with Gasteiger partial charge in [0.25, 0.3) is 0 Å². The minimum absolute atomic E-state index is 0.0170. The Morgan fingerprint density at radius 2 is 1.92 bits per heavy atom. The average molecular weight is 365 g/mol. The van der Waals surface area contributed by atoms with Gasteiger partial charge in [-0.25, -0.2) is 4.39 Å². The molecule has 0 saturated heterocycles. The SMILES string of the molecule is CC(C)c1noc([C@H](C)Sc2nnc(Nc3ccc(F)cc3)s2)n1. The van der Waals surface area contributed by atoms with Gasteiger partial charge >= 0.3 is 0 Å². The zero-order valence-electron chi connectivity index (χ0n) is 13.4. The maximum absolute atomic E-state index is 12.9. The monoisotopic (exact) mass is 365 g/mol. The Hall–Kier alpha value is -2.00. The molecule has 0 amide bonds. The first-order valence-corrected chi connectivity index (χ1v) is 9.07. The standard InChI is InChI=1S/C15H16FN5OS2/c1-8(2)12-18-13(22-21-12)9(3)23-15-20-19-14(24-15)17-11-6-4-10(16)5-7-11/h4-9H,1-3H3,(H,17,19)/t9-/m0/s1. The van der Waals surface area contributed by atoms with Gasteiger partial charge in [-0.05, 0) is 31.2 Å². The van der Waals surface area contributed by atoms with Crippen LogP contribution in [0.5, 0.6) is 0 Å². The van der Waals surface area contributed by atoms with Gasteiger partial charge in [-0.3, -0.25) is 0 Å². The summed E-state index contributed by atoms with van der Waals surface area (Å²) in [6.45, 7) is 6.02. The second-order valence-corrected chi connectivity index (χ2v) is 7.98. The van der Waals surface area contributed by atoms with Crippen LogP contribution < -0.4 is 5.32 Å². The second-order valence-electron chi connectivity index (χ2n) is 5.41. The van der Waals surface area contributed by atoms with E-state index in [1.807, 2.05) is 20.8 Å². The Kier molecular flexibility index (Phi) is 5.10. The van der Waals surface area contributed by atoms with Gasteiger partial charge in [0.2, 0.25) is 11.0 Å². The number of nitrogens with one attached hydrogen (secondary N) is 1. The fourth-order valence-electron chi connectivity index (χ4n) is 1.81. The molecule has 2 aromatic heterocycles. The van der Waals surface area contributed by atoms with Crippen LogP contribution in [-0.2, 0) is 0 Å². The van der Waals surface area contributed by atoms with Crippen LogP contribution in [0.25, 0.3) is 0 Å². The summed E-state index contributed by atoms with van der Waals surface area (Å²) in [6.07, 6.45) is 0. The first kappa shape index (κ1) is 16.8. The highest BCUT2D eigenvalue weighted by Crippen LogP contribution is 2.37. The molecule has 9 heteroatoms. The molecule has 0 aliphatic rings. The summed E-state index contributed by atoms with van der Waals surface area (Å²) < 4.78 is 19.0. The molecule has 3 rings (SSSR count). The van der Waals surface area contributed by atoms with Crippen molar-refractivity contribution in [2.24, 2.45) is 0 Å². The Labute approximate surface area is 146 Å². The van der Waals surface area contributed by atoms with Gasteiger partial charge < -0.3 is 9.84 Å². The number of nitrogens with zero attached hydrogens (tertiary/aromatic N) is 4. The second kappa shape index (κ2) is 7.27. The van der Waals surface area contributed by atoms with Gasteiger partial charge in [-0.2, -0.15) is 4.98 Å². The van der Waals surface area contributed by atoms with Crippen LogP contribution in [0.2, 0.25) is 0 Å². The molecular formula is C15H16FN5OS2. The van der Waals surface area contributed by atoms with Crippen molar-refractivity contribution in [1.82, 2.24) is 20.3 Å². The molecule has 0 radical (unpaired) electrons. The van der Waals surface area contributed by atoms with Crippen LogP contribution >= 0.6 is 23.1 Å². The summed E-state index contributed by atoms with van der Waals surface area (Å²) in [5.41, 5.74) is 0.760. The zero-order valence-corrected chi connectivity index (χ0v) is 15.0. The zero-order chi connectivity index (χ0) is 17.1. The Morgan fingerprint density at radius 3 is 2.58 bits per heavy atom. The summed E-state index contributed by atoms with van der Waals surface area (Å²) in [7, 11) is 0. The topological polar surface area (TPSA) is 76.7 Å². The minimum atomic E-state index is -0.275. The van der Waals surface area contributed by atoms with E-state index in [2.05, 4.69) is 25.7 Å². The smallest absolute Gasteiger partial charge is 0.239 e. The number of hydrogen-bond donors (Lipinski definition) is 1. The third-order valence-electron chi connectivity index (χ3n) is 3.10. The molecule has 0 saturated carbocycles. The summed E-state index contributed by atoms with van der Waals surface area (Å²) in [5.74, 6) is 1.23. The number of halogens is 1. The predicted molar refractivity (Wildman–Crippen MR) is 92.3 cm³/mol. The van der Waals surface area contributed by atoms with Crippen molar-refractivity contribution < 1.29 is 8.91 Å². The number of rotatable bonds is 6. The van der Waals surface area contributed by atoms with Crippen LogP contribution in [-0.4, -0.2) is 20.3 Å².